The molecule has 1 amide bonds. The van der Waals surface area contributed by atoms with E-state index in [-0.39, 0.29) is 17.7 Å². The molecule has 23 heavy (non-hydrogen) atoms. The van der Waals surface area contributed by atoms with E-state index in [2.05, 4.69) is 53.6 Å². The molecule has 1 aliphatic rings. The van der Waals surface area contributed by atoms with Gasteiger partial charge < -0.3 is 9.84 Å². The van der Waals surface area contributed by atoms with Gasteiger partial charge in [-0.05, 0) is 35.3 Å². The molecule has 5 heteroatoms. The lowest BCUT2D eigenvalue weighted by Crippen LogP contribution is -2.27. The molecule has 2 aromatic rings. The smallest absolute Gasteiger partial charge is 0.227 e. The molecule has 0 bridgehead atoms. The molecule has 122 valence electrons. The van der Waals surface area contributed by atoms with Crippen LogP contribution in [0.25, 0.3) is 0 Å². The van der Waals surface area contributed by atoms with Crippen LogP contribution in [0.3, 0.4) is 0 Å². The van der Waals surface area contributed by atoms with E-state index in [1.54, 1.807) is 7.05 Å². The predicted octanol–water partition coefficient (Wildman–Crippen LogP) is 2.76. The first kappa shape index (κ1) is 15.7. The third-order valence-corrected chi connectivity index (χ3v) is 4.78. The fourth-order valence-electron chi connectivity index (χ4n) is 3.39. The number of aromatic nitrogens is 2. The Bertz CT molecular complexity index is 706. The van der Waals surface area contributed by atoms with Crippen LogP contribution in [0.5, 0.6) is 0 Å². The monoisotopic (exact) mass is 313 g/mol. The number of carbonyl (C=O) groups is 1. The molecule has 5 nitrogen and oxygen atoms in total. The molecule has 0 saturated heterocycles. The molecule has 1 aliphatic carbocycles. The zero-order valence-corrected chi connectivity index (χ0v) is 13.9. The van der Waals surface area contributed by atoms with Crippen LogP contribution in [0.1, 0.15) is 55.4 Å². The number of hydrogen-bond acceptors (Lipinski definition) is 4. The number of amides is 1. The van der Waals surface area contributed by atoms with Gasteiger partial charge in [0.25, 0.3) is 0 Å². The minimum atomic E-state index is -0.109. The SMILES string of the molecule is CNC(=O)Cc1noc(CC2CCC(C)(C)c3ccccc32)n1. The average Bonchev–Trinajstić information content (AvgIpc) is 2.97. The van der Waals surface area contributed by atoms with E-state index in [0.29, 0.717) is 17.6 Å². The van der Waals surface area contributed by atoms with Crippen molar-refractivity contribution in [3.63, 3.8) is 0 Å². The molecule has 3 rings (SSSR count). The highest BCUT2D eigenvalue weighted by atomic mass is 16.5. The van der Waals surface area contributed by atoms with E-state index in [4.69, 9.17) is 4.52 Å². The van der Waals surface area contributed by atoms with Gasteiger partial charge >= 0.3 is 0 Å². The van der Waals surface area contributed by atoms with Gasteiger partial charge in [0.2, 0.25) is 11.8 Å². The fourth-order valence-corrected chi connectivity index (χ4v) is 3.39. The van der Waals surface area contributed by atoms with E-state index in [0.717, 1.165) is 19.3 Å². The second-order valence-corrected chi connectivity index (χ2v) is 6.87. The zero-order valence-electron chi connectivity index (χ0n) is 13.9. The summed E-state index contributed by atoms with van der Waals surface area (Å²) in [5.74, 6) is 1.35. The van der Waals surface area contributed by atoms with Crippen LogP contribution >= 0.6 is 0 Å². The van der Waals surface area contributed by atoms with Gasteiger partial charge in [0, 0.05) is 13.5 Å². The quantitative estimate of drug-likeness (QED) is 0.942. The van der Waals surface area contributed by atoms with Gasteiger partial charge in [0.1, 0.15) is 0 Å². The van der Waals surface area contributed by atoms with Crippen molar-refractivity contribution < 1.29 is 9.32 Å². The Balaban J connectivity index is 1.78. The molecule has 1 aromatic heterocycles. The molecule has 1 unspecified atom stereocenters. The van der Waals surface area contributed by atoms with Crippen molar-refractivity contribution in [1.29, 1.82) is 0 Å². The molecule has 0 saturated carbocycles. The number of fused-ring (bicyclic) bond motifs is 1. The molecule has 1 heterocycles. The van der Waals surface area contributed by atoms with Crippen molar-refractivity contribution in [2.45, 2.75) is 50.9 Å². The average molecular weight is 313 g/mol. The van der Waals surface area contributed by atoms with Gasteiger partial charge in [0.05, 0.1) is 6.42 Å². The third kappa shape index (κ3) is 3.28. The first-order valence-corrected chi connectivity index (χ1v) is 8.11. The summed E-state index contributed by atoms with van der Waals surface area (Å²) in [5.41, 5.74) is 3.02. The van der Waals surface area contributed by atoms with Crippen LogP contribution in [0, 0.1) is 0 Å². The Morgan fingerprint density at radius 2 is 2.17 bits per heavy atom. The van der Waals surface area contributed by atoms with Crippen LogP contribution in [0.15, 0.2) is 28.8 Å². The van der Waals surface area contributed by atoms with Gasteiger partial charge in [-0.3, -0.25) is 4.79 Å². The van der Waals surface area contributed by atoms with Crippen molar-refractivity contribution in [2.75, 3.05) is 7.05 Å². The van der Waals surface area contributed by atoms with Gasteiger partial charge in [-0.2, -0.15) is 4.98 Å². The van der Waals surface area contributed by atoms with Crippen LogP contribution in [-0.4, -0.2) is 23.1 Å². The molecule has 0 radical (unpaired) electrons. The molecule has 0 fully saturated rings. The van der Waals surface area contributed by atoms with E-state index < -0.39 is 0 Å². The molecule has 1 aromatic carbocycles. The van der Waals surface area contributed by atoms with Crippen LogP contribution in [0.2, 0.25) is 0 Å². The maximum Gasteiger partial charge on any atom is 0.227 e. The number of nitrogens with one attached hydrogen (secondary N) is 1. The summed E-state index contributed by atoms with van der Waals surface area (Å²) >= 11 is 0. The predicted molar refractivity (Wildman–Crippen MR) is 87.2 cm³/mol. The van der Waals surface area contributed by atoms with Crippen molar-refractivity contribution in [3.8, 4) is 0 Å². The number of benzene rings is 1. The molecule has 1 N–H and O–H groups in total. The van der Waals surface area contributed by atoms with E-state index >= 15 is 0 Å². The van der Waals surface area contributed by atoms with Crippen molar-refractivity contribution in [3.05, 3.63) is 47.1 Å². The van der Waals surface area contributed by atoms with Crippen molar-refractivity contribution in [1.82, 2.24) is 15.5 Å². The van der Waals surface area contributed by atoms with E-state index in [9.17, 15) is 4.79 Å². The summed E-state index contributed by atoms with van der Waals surface area (Å²) in [5, 5.41) is 6.47. The first-order chi connectivity index (χ1) is 11.0. The lowest BCUT2D eigenvalue weighted by molar-refractivity contribution is -0.120. The van der Waals surface area contributed by atoms with Crippen molar-refractivity contribution >= 4 is 5.91 Å². The molecule has 0 aliphatic heterocycles. The van der Waals surface area contributed by atoms with Crippen LogP contribution in [-0.2, 0) is 23.1 Å². The second kappa shape index (κ2) is 6.14. The minimum absolute atomic E-state index is 0.109. The Morgan fingerprint density at radius 1 is 1.39 bits per heavy atom. The largest absolute Gasteiger partial charge is 0.359 e. The maximum atomic E-state index is 11.4. The highest BCUT2D eigenvalue weighted by molar-refractivity contribution is 5.77. The third-order valence-electron chi connectivity index (χ3n) is 4.78. The van der Waals surface area contributed by atoms with Gasteiger partial charge in [-0.1, -0.05) is 43.3 Å². The summed E-state index contributed by atoms with van der Waals surface area (Å²) in [7, 11) is 1.60. The van der Waals surface area contributed by atoms with Gasteiger partial charge in [-0.15, -0.1) is 0 Å². The normalized spacial score (nSPS) is 19.2. The lowest BCUT2D eigenvalue weighted by Gasteiger charge is -2.36. The Kier molecular flexibility index (Phi) is 4.20. The maximum absolute atomic E-state index is 11.4. The summed E-state index contributed by atoms with van der Waals surface area (Å²) in [6.45, 7) is 4.60. The minimum Gasteiger partial charge on any atom is -0.359 e. The Hall–Kier alpha value is -2.17. The molecular formula is C18H23N3O2. The second-order valence-electron chi connectivity index (χ2n) is 6.87. The van der Waals surface area contributed by atoms with Crippen LogP contribution < -0.4 is 5.32 Å². The Morgan fingerprint density at radius 3 is 2.96 bits per heavy atom. The number of rotatable bonds is 4. The van der Waals surface area contributed by atoms with Gasteiger partial charge in [0.15, 0.2) is 5.82 Å². The molecular weight excluding hydrogens is 290 g/mol. The summed E-state index contributed by atoms with van der Waals surface area (Å²) in [6, 6.07) is 8.64. The fraction of sp³-hybridized carbons (Fsp3) is 0.500. The highest BCUT2D eigenvalue weighted by Gasteiger charge is 2.33. The lowest BCUT2D eigenvalue weighted by atomic mass is 9.68. The van der Waals surface area contributed by atoms with Crippen molar-refractivity contribution in [2.24, 2.45) is 0 Å². The van der Waals surface area contributed by atoms with Gasteiger partial charge in [-0.25, -0.2) is 0 Å². The van der Waals surface area contributed by atoms with Crippen LogP contribution in [0.4, 0.5) is 0 Å². The summed E-state index contributed by atoms with van der Waals surface area (Å²) in [4.78, 5) is 15.7. The number of hydrogen-bond donors (Lipinski definition) is 1. The standard InChI is InChI=1S/C18H23N3O2/c1-18(2)9-8-12(13-6-4-5-7-14(13)18)10-17-20-15(21-23-17)11-16(22)19-3/h4-7,12H,8-11H2,1-3H3,(H,19,22). The topological polar surface area (TPSA) is 68.0 Å². The summed E-state index contributed by atoms with van der Waals surface area (Å²) in [6.07, 6.45) is 3.15. The first-order valence-electron chi connectivity index (χ1n) is 8.11. The molecule has 1 atom stereocenters. The van der Waals surface area contributed by atoms with E-state index in [1.807, 2.05) is 0 Å². The zero-order chi connectivity index (χ0) is 16.4. The molecule has 0 spiro atoms. The van der Waals surface area contributed by atoms with E-state index in [1.165, 1.54) is 11.1 Å². The Labute approximate surface area is 136 Å². The summed E-state index contributed by atoms with van der Waals surface area (Å²) < 4.78 is 5.34. The number of carbonyl (C=O) groups excluding carboxylic acids is 1. The highest BCUT2D eigenvalue weighted by Crippen LogP contribution is 2.43. The number of likely N-dealkylation sites (N-methyl/N-ethyl adjacent to an activating group) is 1. The number of nitrogens with zero attached hydrogens (tertiary/aromatic N) is 2.